The van der Waals surface area contributed by atoms with Crippen molar-refractivity contribution < 1.29 is 0 Å². The fourth-order valence-corrected chi connectivity index (χ4v) is 2.01. The summed E-state index contributed by atoms with van der Waals surface area (Å²) in [6.07, 6.45) is 5.52. The van der Waals surface area contributed by atoms with Crippen molar-refractivity contribution in [2.75, 3.05) is 24.2 Å². The highest BCUT2D eigenvalue weighted by Gasteiger charge is 2.20. The van der Waals surface area contributed by atoms with Gasteiger partial charge in [-0.25, -0.2) is 4.98 Å². The Labute approximate surface area is 95.7 Å². The van der Waals surface area contributed by atoms with Crippen LogP contribution in [0.25, 0.3) is 0 Å². The number of anilines is 2. The monoisotopic (exact) mass is 216 g/mol. The molecule has 0 aromatic carbocycles. The van der Waals surface area contributed by atoms with Crippen LogP contribution in [0.1, 0.15) is 24.8 Å². The van der Waals surface area contributed by atoms with Crippen molar-refractivity contribution in [3.05, 3.63) is 17.8 Å². The molecule has 0 spiro atoms. The second kappa shape index (κ2) is 4.40. The zero-order valence-electron chi connectivity index (χ0n) is 9.48. The van der Waals surface area contributed by atoms with Crippen molar-refractivity contribution in [3.63, 3.8) is 0 Å². The molecular formula is C12H16N4. The summed E-state index contributed by atoms with van der Waals surface area (Å²) in [5, 5.41) is 9.02. The number of nitrogens with two attached hydrogens (primary N) is 1. The van der Waals surface area contributed by atoms with E-state index in [1.807, 2.05) is 7.05 Å². The first-order chi connectivity index (χ1) is 7.70. The molecule has 0 saturated heterocycles. The zero-order valence-corrected chi connectivity index (χ0v) is 9.48. The Morgan fingerprint density at radius 2 is 2.38 bits per heavy atom. The van der Waals surface area contributed by atoms with E-state index in [0.717, 1.165) is 18.3 Å². The number of nitrogens with zero attached hydrogens (tertiary/aromatic N) is 3. The molecule has 1 aliphatic carbocycles. The molecule has 0 unspecified atom stereocenters. The van der Waals surface area contributed by atoms with Gasteiger partial charge in [0.25, 0.3) is 0 Å². The number of hydrogen-bond donors (Lipinski definition) is 1. The predicted molar refractivity (Wildman–Crippen MR) is 64.0 cm³/mol. The van der Waals surface area contributed by atoms with Crippen molar-refractivity contribution in [3.8, 4) is 6.07 Å². The minimum absolute atomic E-state index is 0.539. The van der Waals surface area contributed by atoms with E-state index in [0.29, 0.717) is 11.3 Å². The molecule has 2 N–H and O–H groups in total. The molecule has 0 atom stereocenters. The number of rotatable bonds is 3. The highest BCUT2D eigenvalue weighted by Crippen LogP contribution is 2.28. The van der Waals surface area contributed by atoms with Gasteiger partial charge < -0.3 is 10.6 Å². The van der Waals surface area contributed by atoms with Gasteiger partial charge in [0.05, 0.1) is 17.4 Å². The van der Waals surface area contributed by atoms with E-state index < -0.39 is 0 Å². The van der Waals surface area contributed by atoms with Crippen LogP contribution in [0.2, 0.25) is 0 Å². The molecule has 4 nitrogen and oxygen atoms in total. The van der Waals surface area contributed by atoms with Gasteiger partial charge in [-0.05, 0) is 24.8 Å². The van der Waals surface area contributed by atoms with E-state index in [-0.39, 0.29) is 0 Å². The molecule has 1 heterocycles. The topological polar surface area (TPSA) is 65.9 Å². The summed E-state index contributed by atoms with van der Waals surface area (Å²) in [7, 11) is 1.98. The van der Waals surface area contributed by atoms with Crippen molar-refractivity contribution in [1.29, 1.82) is 5.26 Å². The maximum atomic E-state index is 9.02. The van der Waals surface area contributed by atoms with E-state index in [1.165, 1.54) is 19.3 Å². The molecule has 1 aliphatic rings. The summed E-state index contributed by atoms with van der Waals surface area (Å²) in [4.78, 5) is 6.30. The SMILES string of the molecule is CN(CC1CCC1)c1ncc(N)cc1C#N. The largest absolute Gasteiger partial charge is 0.397 e. The summed E-state index contributed by atoms with van der Waals surface area (Å²) in [5.74, 6) is 1.50. The van der Waals surface area contributed by atoms with Gasteiger partial charge in [-0.3, -0.25) is 0 Å². The Morgan fingerprint density at radius 1 is 1.62 bits per heavy atom. The Bertz CT molecular complexity index is 418. The van der Waals surface area contributed by atoms with E-state index in [4.69, 9.17) is 11.0 Å². The number of nitrogen functional groups attached to an aromatic ring is 1. The van der Waals surface area contributed by atoms with E-state index in [1.54, 1.807) is 12.3 Å². The average Bonchev–Trinajstić information content (AvgIpc) is 2.23. The van der Waals surface area contributed by atoms with E-state index in [2.05, 4.69) is 16.0 Å². The van der Waals surface area contributed by atoms with Crippen molar-refractivity contribution in [2.45, 2.75) is 19.3 Å². The Kier molecular flexibility index (Phi) is 2.95. The molecule has 1 saturated carbocycles. The lowest BCUT2D eigenvalue weighted by Gasteiger charge is -2.31. The fraction of sp³-hybridized carbons (Fsp3) is 0.500. The number of aromatic nitrogens is 1. The maximum Gasteiger partial charge on any atom is 0.146 e. The second-order valence-corrected chi connectivity index (χ2v) is 4.43. The molecule has 84 valence electrons. The molecule has 1 aromatic rings. The van der Waals surface area contributed by atoms with Crippen LogP contribution in [0.5, 0.6) is 0 Å². The normalized spacial score (nSPS) is 15.2. The maximum absolute atomic E-state index is 9.02. The van der Waals surface area contributed by atoms with Crippen LogP contribution < -0.4 is 10.6 Å². The first-order valence-electron chi connectivity index (χ1n) is 5.57. The summed E-state index contributed by atoms with van der Waals surface area (Å²) >= 11 is 0. The van der Waals surface area contributed by atoms with Gasteiger partial charge in [0.15, 0.2) is 0 Å². The summed E-state index contributed by atoms with van der Waals surface area (Å²) < 4.78 is 0. The third kappa shape index (κ3) is 2.08. The lowest BCUT2D eigenvalue weighted by molar-refractivity contribution is 0.321. The molecule has 0 radical (unpaired) electrons. The van der Waals surface area contributed by atoms with Crippen LogP contribution in [0, 0.1) is 17.2 Å². The van der Waals surface area contributed by atoms with Gasteiger partial charge in [0.1, 0.15) is 11.9 Å². The quantitative estimate of drug-likeness (QED) is 0.836. The molecule has 16 heavy (non-hydrogen) atoms. The predicted octanol–water partition coefficient (Wildman–Crippen LogP) is 1.77. The number of nitriles is 1. The minimum Gasteiger partial charge on any atom is -0.397 e. The third-order valence-electron chi connectivity index (χ3n) is 3.13. The first-order valence-corrected chi connectivity index (χ1v) is 5.57. The minimum atomic E-state index is 0.539. The highest BCUT2D eigenvalue weighted by atomic mass is 15.2. The lowest BCUT2D eigenvalue weighted by Crippen LogP contribution is -2.30. The molecule has 0 aliphatic heterocycles. The summed E-state index contributed by atoms with van der Waals surface area (Å²) in [5.41, 5.74) is 6.71. The highest BCUT2D eigenvalue weighted by molar-refractivity contribution is 5.58. The second-order valence-electron chi connectivity index (χ2n) is 4.43. The van der Waals surface area contributed by atoms with Crippen LogP contribution in [-0.2, 0) is 0 Å². The fourth-order valence-electron chi connectivity index (χ4n) is 2.01. The van der Waals surface area contributed by atoms with Crippen LogP contribution in [0.15, 0.2) is 12.3 Å². The Balaban J connectivity index is 2.15. The molecule has 2 rings (SSSR count). The van der Waals surface area contributed by atoms with Crippen LogP contribution in [-0.4, -0.2) is 18.6 Å². The van der Waals surface area contributed by atoms with Crippen molar-refractivity contribution >= 4 is 11.5 Å². The lowest BCUT2D eigenvalue weighted by atomic mass is 9.85. The number of hydrogen-bond acceptors (Lipinski definition) is 4. The smallest absolute Gasteiger partial charge is 0.146 e. The molecule has 4 heteroatoms. The van der Waals surface area contributed by atoms with Gasteiger partial charge in [-0.15, -0.1) is 0 Å². The van der Waals surface area contributed by atoms with Gasteiger partial charge in [-0.2, -0.15) is 5.26 Å². The molecule has 0 bridgehead atoms. The van der Waals surface area contributed by atoms with E-state index >= 15 is 0 Å². The molecule has 0 amide bonds. The summed E-state index contributed by atoms with van der Waals surface area (Å²) in [6.45, 7) is 0.978. The Morgan fingerprint density at radius 3 is 2.94 bits per heavy atom. The van der Waals surface area contributed by atoms with Crippen LogP contribution in [0.3, 0.4) is 0 Å². The van der Waals surface area contributed by atoms with Gasteiger partial charge in [-0.1, -0.05) is 6.42 Å². The molecular weight excluding hydrogens is 200 g/mol. The third-order valence-corrected chi connectivity index (χ3v) is 3.13. The van der Waals surface area contributed by atoms with Crippen molar-refractivity contribution in [1.82, 2.24) is 4.98 Å². The van der Waals surface area contributed by atoms with Crippen LogP contribution in [0.4, 0.5) is 11.5 Å². The molecule has 1 aromatic heterocycles. The number of pyridine rings is 1. The standard InChI is InChI=1S/C12H16N4/c1-16(8-9-3-2-4-9)12-10(6-13)5-11(14)7-15-12/h5,7,9H,2-4,8,14H2,1H3. The first kappa shape index (κ1) is 10.7. The summed E-state index contributed by atoms with van der Waals surface area (Å²) in [6, 6.07) is 3.82. The average molecular weight is 216 g/mol. The van der Waals surface area contributed by atoms with Crippen LogP contribution >= 0.6 is 0 Å². The van der Waals surface area contributed by atoms with Gasteiger partial charge in [0.2, 0.25) is 0 Å². The van der Waals surface area contributed by atoms with E-state index in [9.17, 15) is 0 Å². The van der Waals surface area contributed by atoms with Gasteiger partial charge >= 0.3 is 0 Å². The van der Waals surface area contributed by atoms with Crippen molar-refractivity contribution in [2.24, 2.45) is 5.92 Å². The van der Waals surface area contributed by atoms with Gasteiger partial charge in [0, 0.05) is 13.6 Å². The molecule has 1 fully saturated rings. The Hall–Kier alpha value is -1.76. The zero-order chi connectivity index (χ0) is 11.5.